The van der Waals surface area contributed by atoms with Gasteiger partial charge in [0.1, 0.15) is 10.8 Å². The van der Waals surface area contributed by atoms with Crippen LogP contribution in [0, 0.1) is 11.3 Å². The Labute approximate surface area is 249 Å². The SMILES string of the molecule is CC(C)(C)CN1Cc2c(cc(Cl)c3[nH]ccc23)CC(CC(=O)N2CCC(O)(c3cc(Cl)nc4[nH]ccc34)CC2)C1=O. The van der Waals surface area contributed by atoms with E-state index in [9.17, 15) is 14.7 Å². The molecule has 8 nitrogen and oxygen atoms in total. The van der Waals surface area contributed by atoms with E-state index in [1.165, 1.54) is 0 Å². The molecule has 6 rings (SSSR count). The van der Waals surface area contributed by atoms with Gasteiger partial charge in [0, 0.05) is 55.8 Å². The number of carbonyl (C=O) groups is 2. The van der Waals surface area contributed by atoms with Gasteiger partial charge in [0.25, 0.3) is 0 Å². The Morgan fingerprint density at radius 3 is 2.56 bits per heavy atom. The van der Waals surface area contributed by atoms with Gasteiger partial charge in [-0.25, -0.2) is 4.98 Å². The number of hydrogen-bond donors (Lipinski definition) is 3. The fourth-order valence-corrected chi connectivity index (χ4v) is 7.03. The number of aromatic nitrogens is 3. The maximum Gasteiger partial charge on any atom is 0.226 e. The lowest BCUT2D eigenvalue weighted by Crippen LogP contribution is -2.47. The number of nitrogens with zero attached hydrogens (tertiary/aromatic N) is 3. The summed E-state index contributed by atoms with van der Waals surface area (Å²) < 4.78 is 0. The van der Waals surface area contributed by atoms with Crippen LogP contribution < -0.4 is 0 Å². The number of likely N-dealkylation sites (tertiary alicyclic amines) is 1. The van der Waals surface area contributed by atoms with E-state index >= 15 is 0 Å². The first-order valence-corrected chi connectivity index (χ1v) is 14.9. The Balaban J connectivity index is 1.23. The summed E-state index contributed by atoms with van der Waals surface area (Å²) in [6.07, 6.45) is 4.97. The average molecular weight is 597 g/mol. The number of piperidine rings is 1. The van der Waals surface area contributed by atoms with Crippen molar-refractivity contribution in [3.8, 4) is 0 Å². The number of nitrogens with one attached hydrogen (secondary N) is 2. The first-order chi connectivity index (χ1) is 19.4. The van der Waals surface area contributed by atoms with Gasteiger partial charge in [0.2, 0.25) is 11.8 Å². The number of amides is 2. The van der Waals surface area contributed by atoms with E-state index in [4.69, 9.17) is 23.2 Å². The molecular weight excluding hydrogens is 561 g/mol. The number of carbonyl (C=O) groups excluding carboxylic acids is 2. The van der Waals surface area contributed by atoms with Gasteiger partial charge in [0.05, 0.1) is 22.1 Å². The molecule has 1 aromatic carbocycles. The topological polar surface area (TPSA) is 105 Å². The third-order valence-electron chi connectivity index (χ3n) is 8.50. The van der Waals surface area contributed by atoms with Crippen LogP contribution in [0.1, 0.15) is 56.7 Å². The lowest BCUT2D eigenvalue weighted by molar-refractivity contribution is -0.144. The maximum atomic E-state index is 13.9. The van der Waals surface area contributed by atoms with Crippen LogP contribution in [0.25, 0.3) is 21.9 Å². The fraction of sp³-hybridized carbons (Fsp3) is 0.452. The van der Waals surface area contributed by atoms with E-state index in [0.717, 1.165) is 33.0 Å². The molecule has 5 heterocycles. The van der Waals surface area contributed by atoms with Crippen molar-refractivity contribution < 1.29 is 14.7 Å². The number of fused-ring (bicyclic) bond motifs is 4. The van der Waals surface area contributed by atoms with Crippen molar-refractivity contribution in [3.63, 3.8) is 0 Å². The number of hydrogen-bond acceptors (Lipinski definition) is 4. The standard InChI is InChI=1S/C31H35Cl2N5O3/c1-30(2,3)17-38-16-22-18(13-24(32)27-20(22)4-8-34-27)12-19(29(38)40)14-26(39)37-10-6-31(41,7-11-37)23-15-25(33)36-28-21(23)5-9-35-28/h4-5,8-9,13,15,19,34,41H,6-7,10-12,14,16-17H2,1-3H3,(H,35,36). The van der Waals surface area contributed by atoms with Crippen LogP contribution in [0.15, 0.2) is 36.7 Å². The molecule has 3 N–H and O–H groups in total. The minimum absolute atomic E-state index is 0.000856. The fourth-order valence-electron chi connectivity index (χ4n) is 6.54. The Bertz CT molecular complexity index is 1640. The predicted octanol–water partition coefficient (Wildman–Crippen LogP) is 5.80. The summed E-state index contributed by atoms with van der Waals surface area (Å²) in [6.45, 7) is 8.20. The predicted molar refractivity (Wildman–Crippen MR) is 161 cm³/mol. The van der Waals surface area contributed by atoms with Crippen molar-refractivity contribution in [2.24, 2.45) is 11.3 Å². The number of halogens is 2. The smallest absolute Gasteiger partial charge is 0.226 e. The van der Waals surface area contributed by atoms with Crippen molar-refractivity contribution in [3.05, 3.63) is 63.5 Å². The number of rotatable bonds is 4. The van der Waals surface area contributed by atoms with E-state index in [1.807, 2.05) is 29.3 Å². The van der Waals surface area contributed by atoms with Crippen molar-refractivity contribution >= 4 is 57.0 Å². The molecule has 0 bridgehead atoms. The van der Waals surface area contributed by atoms with Crippen LogP contribution in [0.5, 0.6) is 0 Å². The van der Waals surface area contributed by atoms with Gasteiger partial charge in [-0.1, -0.05) is 44.0 Å². The van der Waals surface area contributed by atoms with Gasteiger partial charge >= 0.3 is 0 Å². The first kappa shape index (κ1) is 28.1. The van der Waals surface area contributed by atoms with E-state index in [1.54, 1.807) is 17.2 Å². The normalized spacial score (nSPS) is 19.6. The Morgan fingerprint density at radius 2 is 1.83 bits per heavy atom. The highest BCUT2D eigenvalue weighted by Gasteiger charge is 2.39. The highest BCUT2D eigenvalue weighted by molar-refractivity contribution is 6.35. The zero-order valence-corrected chi connectivity index (χ0v) is 25.1. The molecule has 1 saturated heterocycles. The lowest BCUT2D eigenvalue weighted by atomic mass is 9.83. The molecule has 41 heavy (non-hydrogen) atoms. The highest BCUT2D eigenvalue weighted by atomic mass is 35.5. The number of pyridine rings is 1. The third kappa shape index (κ3) is 5.33. The summed E-state index contributed by atoms with van der Waals surface area (Å²) >= 11 is 12.9. The molecule has 10 heteroatoms. The van der Waals surface area contributed by atoms with Crippen LogP contribution >= 0.6 is 23.2 Å². The molecule has 0 spiro atoms. The molecule has 3 aromatic heterocycles. The summed E-state index contributed by atoms with van der Waals surface area (Å²) in [5, 5.41) is 14.4. The molecule has 0 aliphatic carbocycles. The summed E-state index contributed by atoms with van der Waals surface area (Å²) in [5.41, 5.74) is 3.11. The monoisotopic (exact) mass is 595 g/mol. The molecule has 216 valence electrons. The Hall–Kier alpha value is -3.07. The summed E-state index contributed by atoms with van der Waals surface area (Å²) in [4.78, 5) is 41.9. The minimum atomic E-state index is -1.12. The molecule has 0 radical (unpaired) electrons. The van der Waals surface area contributed by atoms with Crippen LogP contribution in [0.4, 0.5) is 0 Å². The molecule has 1 atom stereocenters. The van der Waals surface area contributed by atoms with Gasteiger partial charge in [-0.2, -0.15) is 0 Å². The second kappa shape index (κ2) is 10.3. The van der Waals surface area contributed by atoms with Gasteiger partial charge in [-0.05, 0) is 65.6 Å². The lowest BCUT2D eigenvalue weighted by Gasteiger charge is -2.39. The van der Waals surface area contributed by atoms with E-state index < -0.39 is 11.5 Å². The van der Waals surface area contributed by atoms with Crippen LogP contribution in [0.2, 0.25) is 10.2 Å². The molecule has 1 unspecified atom stereocenters. The van der Waals surface area contributed by atoms with Crippen LogP contribution in [-0.2, 0) is 28.2 Å². The molecule has 2 amide bonds. The number of aromatic amines is 2. The molecular formula is C31H35Cl2N5O3. The molecule has 2 aliphatic heterocycles. The van der Waals surface area contributed by atoms with E-state index in [-0.39, 0.29) is 23.7 Å². The number of aliphatic hydroxyl groups is 1. The van der Waals surface area contributed by atoms with Crippen molar-refractivity contribution in [1.82, 2.24) is 24.8 Å². The Morgan fingerprint density at radius 1 is 1.12 bits per heavy atom. The quantitative estimate of drug-likeness (QED) is 0.259. The van der Waals surface area contributed by atoms with Gasteiger partial charge < -0.3 is 24.9 Å². The zero-order chi connectivity index (χ0) is 29.1. The molecule has 4 aromatic rings. The van der Waals surface area contributed by atoms with E-state index in [2.05, 4.69) is 35.7 Å². The van der Waals surface area contributed by atoms with Gasteiger partial charge in [-0.15, -0.1) is 0 Å². The summed E-state index contributed by atoms with van der Waals surface area (Å²) in [7, 11) is 0. The zero-order valence-electron chi connectivity index (χ0n) is 23.6. The van der Waals surface area contributed by atoms with Crippen LogP contribution in [0.3, 0.4) is 0 Å². The highest BCUT2D eigenvalue weighted by Crippen LogP contribution is 2.39. The first-order valence-electron chi connectivity index (χ1n) is 14.1. The van der Waals surface area contributed by atoms with Crippen molar-refractivity contribution in [2.75, 3.05) is 19.6 Å². The van der Waals surface area contributed by atoms with Gasteiger partial charge in [0.15, 0.2) is 0 Å². The second-order valence-corrected chi connectivity index (χ2v) is 13.6. The molecule has 2 aliphatic rings. The van der Waals surface area contributed by atoms with Crippen LogP contribution in [-0.4, -0.2) is 61.3 Å². The minimum Gasteiger partial charge on any atom is -0.385 e. The summed E-state index contributed by atoms with van der Waals surface area (Å²) in [5.74, 6) is -0.560. The Kier molecular flexibility index (Phi) is 7.07. The third-order valence-corrected chi connectivity index (χ3v) is 9.00. The van der Waals surface area contributed by atoms with Crippen molar-refractivity contribution in [2.45, 2.75) is 58.6 Å². The maximum absolute atomic E-state index is 13.9. The molecule has 0 saturated carbocycles. The summed E-state index contributed by atoms with van der Waals surface area (Å²) in [6, 6.07) is 7.56. The molecule has 1 fully saturated rings. The second-order valence-electron chi connectivity index (χ2n) is 12.8. The number of H-pyrrole nitrogens is 2. The van der Waals surface area contributed by atoms with E-state index in [0.29, 0.717) is 61.3 Å². The average Bonchev–Trinajstić information content (AvgIpc) is 3.56. The van der Waals surface area contributed by atoms with Crippen molar-refractivity contribution in [1.29, 1.82) is 0 Å². The number of benzene rings is 1. The van der Waals surface area contributed by atoms with Gasteiger partial charge in [-0.3, -0.25) is 9.59 Å². The largest absolute Gasteiger partial charge is 0.385 e.